The summed E-state index contributed by atoms with van der Waals surface area (Å²) in [4.78, 5) is 2.59. The van der Waals surface area contributed by atoms with Crippen LogP contribution >= 0.6 is 0 Å². The zero-order valence-corrected chi connectivity index (χ0v) is 10.9. The molecule has 0 bridgehead atoms. The lowest BCUT2D eigenvalue weighted by Crippen LogP contribution is -2.67. The summed E-state index contributed by atoms with van der Waals surface area (Å²) in [7, 11) is 0. The number of hydrogen-bond donors (Lipinski definition) is 0. The Morgan fingerprint density at radius 3 is 1.93 bits per heavy atom. The van der Waals surface area contributed by atoms with E-state index < -0.39 is 0 Å². The van der Waals surface area contributed by atoms with Gasteiger partial charge in [0.25, 0.3) is 0 Å². The summed E-state index contributed by atoms with van der Waals surface area (Å²) in [5, 5.41) is 0. The van der Waals surface area contributed by atoms with E-state index in [-0.39, 0.29) is 0 Å². The maximum atomic E-state index is 5.30. The van der Waals surface area contributed by atoms with Crippen LogP contribution in [0.4, 0.5) is 0 Å². The largest absolute Gasteiger partial charge is 0.380 e. The molecule has 2 saturated heterocycles. The van der Waals surface area contributed by atoms with Gasteiger partial charge in [-0.3, -0.25) is 0 Å². The molecule has 2 fully saturated rings. The molecule has 0 atom stereocenters. The normalized spacial score (nSPS) is 26.2. The Bertz CT molecular complexity index is 240. The Morgan fingerprint density at radius 1 is 1.07 bits per heavy atom. The van der Waals surface area contributed by atoms with E-state index >= 15 is 0 Å². The summed E-state index contributed by atoms with van der Waals surface area (Å²) in [6.45, 7) is 17.5. The predicted molar refractivity (Wildman–Crippen MR) is 62.9 cm³/mol. The van der Waals surface area contributed by atoms with Crippen molar-refractivity contribution in [3.05, 3.63) is 0 Å². The monoisotopic (exact) mass is 211 g/mol. The molecule has 0 N–H and O–H groups in total. The molecule has 2 aliphatic heterocycles. The molecule has 2 rings (SSSR count). The fourth-order valence-corrected chi connectivity index (χ4v) is 2.38. The van der Waals surface area contributed by atoms with E-state index in [4.69, 9.17) is 4.74 Å². The molecule has 0 aromatic heterocycles. The van der Waals surface area contributed by atoms with Crippen molar-refractivity contribution in [2.75, 3.05) is 32.8 Å². The van der Waals surface area contributed by atoms with Gasteiger partial charge in [0.05, 0.1) is 13.2 Å². The van der Waals surface area contributed by atoms with E-state index in [9.17, 15) is 0 Å². The first-order valence-electron chi connectivity index (χ1n) is 6.04. The lowest BCUT2D eigenvalue weighted by Gasteiger charge is -2.57. The maximum absolute atomic E-state index is 5.30. The standard InChI is InChI=1S/C13H25NO/c1-11(2,3)12(4,5)6-14-7-13(8-14)9-15-10-13/h6-10H2,1-5H3. The van der Waals surface area contributed by atoms with Crippen molar-refractivity contribution in [3.8, 4) is 0 Å². The van der Waals surface area contributed by atoms with E-state index in [0.717, 1.165) is 13.2 Å². The van der Waals surface area contributed by atoms with E-state index in [0.29, 0.717) is 16.2 Å². The van der Waals surface area contributed by atoms with Crippen LogP contribution in [0.15, 0.2) is 0 Å². The van der Waals surface area contributed by atoms with Gasteiger partial charge in [0.15, 0.2) is 0 Å². The third-order valence-electron chi connectivity index (χ3n) is 4.58. The number of nitrogens with zero attached hydrogens (tertiary/aromatic N) is 1. The van der Waals surface area contributed by atoms with Crippen LogP contribution in [-0.4, -0.2) is 37.7 Å². The first-order valence-corrected chi connectivity index (χ1v) is 6.04. The van der Waals surface area contributed by atoms with Gasteiger partial charge < -0.3 is 9.64 Å². The molecule has 88 valence electrons. The highest BCUT2D eigenvalue weighted by molar-refractivity contribution is 5.01. The van der Waals surface area contributed by atoms with Gasteiger partial charge in [-0.25, -0.2) is 0 Å². The molecular weight excluding hydrogens is 186 g/mol. The fourth-order valence-electron chi connectivity index (χ4n) is 2.38. The summed E-state index contributed by atoms with van der Waals surface area (Å²) in [5.74, 6) is 0. The van der Waals surface area contributed by atoms with Crippen molar-refractivity contribution in [2.24, 2.45) is 16.2 Å². The second kappa shape index (κ2) is 3.21. The van der Waals surface area contributed by atoms with E-state index in [1.807, 2.05) is 0 Å². The Hall–Kier alpha value is -0.0800. The Morgan fingerprint density at radius 2 is 1.60 bits per heavy atom. The van der Waals surface area contributed by atoms with Crippen molar-refractivity contribution >= 4 is 0 Å². The molecule has 1 spiro atoms. The van der Waals surface area contributed by atoms with Gasteiger partial charge in [-0.05, 0) is 10.8 Å². The van der Waals surface area contributed by atoms with Crippen LogP contribution in [0.25, 0.3) is 0 Å². The van der Waals surface area contributed by atoms with Crippen molar-refractivity contribution in [1.82, 2.24) is 4.90 Å². The molecule has 0 amide bonds. The van der Waals surface area contributed by atoms with Gasteiger partial charge in [-0.15, -0.1) is 0 Å². The van der Waals surface area contributed by atoms with Crippen LogP contribution in [0.1, 0.15) is 34.6 Å². The van der Waals surface area contributed by atoms with Crippen molar-refractivity contribution in [2.45, 2.75) is 34.6 Å². The lowest BCUT2D eigenvalue weighted by atomic mass is 9.67. The lowest BCUT2D eigenvalue weighted by molar-refractivity contribution is -0.196. The summed E-state index contributed by atoms with van der Waals surface area (Å²) < 4.78 is 5.30. The molecule has 0 saturated carbocycles. The van der Waals surface area contributed by atoms with Gasteiger partial charge in [0.1, 0.15) is 0 Å². The second-order valence-corrected chi connectivity index (χ2v) is 7.27. The van der Waals surface area contributed by atoms with Crippen LogP contribution in [0, 0.1) is 16.2 Å². The number of ether oxygens (including phenoxy) is 1. The summed E-state index contributed by atoms with van der Waals surface area (Å²) >= 11 is 0. The zero-order valence-electron chi connectivity index (χ0n) is 10.9. The van der Waals surface area contributed by atoms with Crippen LogP contribution < -0.4 is 0 Å². The fraction of sp³-hybridized carbons (Fsp3) is 1.00. The van der Waals surface area contributed by atoms with Crippen molar-refractivity contribution in [3.63, 3.8) is 0 Å². The molecule has 0 unspecified atom stereocenters. The third kappa shape index (κ3) is 1.94. The van der Waals surface area contributed by atoms with Crippen molar-refractivity contribution < 1.29 is 4.74 Å². The first-order chi connectivity index (χ1) is 6.74. The van der Waals surface area contributed by atoms with Crippen LogP contribution in [0.2, 0.25) is 0 Å². The van der Waals surface area contributed by atoms with Gasteiger partial charge in [-0.1, -0.05) is 34.6 Å². The summed E-state index contributed by atoms with van der Waals surface area (Å²) in [6, 6.07) is 0. The first kappa shape index (κ1) is 11.4. The van der Waals surface area contributed by atoms with Gasteiger partial charge in [-0.2, -0.15) is 0 Å². The number of rotatable bonds is 2. The molecule has 0 aliphatic carbocycles. The topological polar surface area (TPSA) is 12.5 Å². The minimum Gasteiger partial charge on any atom is -0.380 e. The number of hydrogen-bond acceptors (Lipinski definition) is 2. The highest BCUT2D eigenvalue weighted by atomic mass is 16.5. The Balaban J connectivity index is 1.83. The smallest absolute Gasteiger partial charge is 0.0569 e. The zero-order chi connectivity index (χ0) is 11.3. The molecule has 2 heteroatoms. The summed E-state index contributed by atoms with van der Waals surface area (Å²) in [5.41, 5.74) is 1.33. The second-order valence-electron chi connectivity index (χ2n) is 7.27. The molecule has 0 radical (unpaired) electrons. The quantitative estimate of drug-likeness (QED) is 0.695. The average Bonchev–Trinajstić information content (AvgIpc) is 1.89. The molecule has 2 heterocycles. The van der Waals surface area contributed by atoms with Crippen LogP contribution in [0.5, 0.6) is 0 Å². The van der Waals surface area contributed by atoms with Crippen molar-refractivity contribution in [1.29, 1.82) is 0 Å². The average molecular weight is 211 g/mol. The van der Waals surface area contributed by atoms with Crippen LogP contribution in [-0.2, 0) is 4.74 Å². The molecule has 2 aliphatic rings. The minimum atomic E-state index is 0.381. The SMILES string of the molecule is CC(C)(C)C(C)(C)CN1CC2(COC2)C1. The highest BCUT2D eigenvalue weighted by Crippen LogP contribution is 2.43. The Labute approximate surface area is 94.0 Å². The predicted octanol–water partition coefficient (Wildman–Crippen LogP) is 2.39. The van der Waals surface area contributed by atoms with Gasteiger partial charge in [0.2, 0.25) is 0 Å². The molecule has 2 nitrogen and oxygen atoms in total. The third-order valence-corrected chi connectivity index (χ3v) is 4.58. The van der Waals surface area contributed by atoms with Gasteiger partial charge in [0, 0.05) is 25.0 Å². The molecular formula is C13H25NO. The van der Waals surface area contributed by atoms with E-state index in [1.165, 1.54) is 19.6 Å². The Kier molecular flexibility index (Phi) is 2.44. The highest BCUT2D eigenvalue weighted by Gasteiger charge is 2.50. The molecule has 0 aromatic carbocycles. The van der Waals surface area contributed by atoms with Crippen LogP contribution in [0.3, 0.4) is 0 Å². The molecule has 0 aromatic rings. The van der Waals surface area contributed by atoms with E-state index in [1.54, 1.807) is 0 Å². The number of likely N-dealkylation sites (tertiary alicyclic amines) is 1. The summed E-state index contributed by atoms with van der Waals surface area (Å²) in [6.07, 6.45) is 0. The maximum Gasteiger partial charge on any atom is 0.0569 e. The van der Waals surface area contributed by atoms with Gasteiger partial charge >= 0.3 is 0 Å². The molecule has 15 heavy (non-hydrogen) atoms. The minimum absolute atomic E-state index is 0.381. The van der Waals surface area contributed by atoms with E-state index in [2.05, 4.69) is 39.5 Å².